The minimum atomic E-state index is -0.427. The molecule has 2 aromatic carbocycles. The Morgan fingerprint density at radius 2 is 1.82 bits per heavy atom. The molecule has 4 nitrogen and oxygen atoms in total. The fourth-order valence-corrected chi connectivity index (χ4v) is 3.02. The predicted octanol–water partition coefficient (Wildman–Crippen LogP) is 5.69. The minimum absolute atomic E-state index is 0.307. The number of carbonyl (C=O) groups excluding carboxylic acids is 1. The predicted molar refractivity (Wildman–Crippen MR) is 112 cm³/mol. The first kappa shape index (κ1) is 19.9. The molecule has 0 atom stereocenters. The zero-order chi connectivity index (χ0) is 19.8. The lowest BCUT2D eigenvalue weighted by atomic mass is 10.1. The first-order valence-corrected chi connectivity index (χ1v) is 9.98. The number of nitrogens with zero attached hydrogens (tertiary/aromatic N) is 1. The molecule has 1 aliphatic rings. The molecule has 0 radical (unpaired) electrons. The largest absolute Gasteiger partial charge is 0.494 e. The van der Waals surface area contributed by atoms with Gasteiger partial charge in [0.25, 0.3) is 0 Å². The van der Waals surface area contributed by atoms with Crippen molar-refractivity contribution < 1.29 is 14.3 Å². The summed E-state index contributed by atoms with van der Waals surface area (Å²) in [5.74, 6) is 0.766. The van der Waals surface area contributed by atoms with Gasteiger partial charge in [-0.15, -0.1) is 0 Å². The van der Waals surface area contributed by atoms with E-state index in [1.807, 2.05) is 55.5 Å². The Labute approximate surface area is 166 Å². The van der Waals surface area contributed by atoms with Gasteiger partial charge in [-0.05, 0) is 49.2 Å². The number of benzene rings is 2. The highest BCUT2D eigenvalue weighted by atomic mass is 16.6. The van der Waals surface area contributed by atoms with Crippen molar-refractivity contribution in [2.45, 2.75) is 46.0 Å². The molecule has 1 aliphatic heterocycles. The van der Waals surface area contributed by atoms with E-state index in [-0.39, 0.29) is 0 Å². The van der Waals surface area contributed by atoms with E-state index in [2.05, 4.69) is 11.9 Å². The van der Waals surface area contributed by atoms with E-state index < -0.39 is 5.97 Å². The van der Waals surface area contributed by atoms with Crippen molar-refractivity contribution in [1.29, 1.82) is 0 Å². The van der Waals surface area contributed by atoms with Gasteiger partial charge in [0, 0.05) is 5.56 Å². The first-order valence-electron chi connectivity index (χ1n) is 9.98. The van der Waals surface area contributed by atoms with Gasteiger partial charge >= 0.3 is 5.97 Å². The normalized spacial score (nSPS) is 14.9. The Morgan fingerprint density at radius 3 is 2.57 bits per heavy atom. The van der Waals surface area contributed by atoms with Gasteiger partial charge in [-0.3, -0.25) is 0 Å². The molecule has 0 N–H and O–H groups in total. The average Bonchev–Trinajstić information content (AvgIpc) is 3.06. The molecule has 0 unspecified atom stereocenters. The molecule has 0 aliphatic carbocycles. The van der Waals surface area contributed by atoms with Crippen LogP contribution in [0.4, 0.5) is 0 Å². The first-order chi connectivity index (χ1) is 13.7. The second-order valence-electron chi connectivity index (χ2n) is 7.04. The Balaban J connectivity index is 1.59. The van der Waals surface area contributed by atoms with E-state index in [0.29, 0.717) is 11.6 Å². The third-order valence-electron chi connectivity index (χ3n) is 4.59. The number of esters is 1. The van der Waals surface area contributed by atoms with Gasteiger partial charge in [0.1, 0.15) is 5.75 Å². The van der Waals surface area contributed by atoms with Crippen LogP contribution in [0.2, 0.25) is 0 Å². The molecule has 0 spiro atoms. The summed E-state index contributed by atoms with van der Waals surface area (Å²) in [4.78, 5) is 16.5. The molecule has 28 heavy (non-hydrogen) atoms. The highest BCUT2D eigenvalue weighted by molar-refractivity contribution is 6.12. The molecular weight excluding hydrogens is 350 g/mol. The van der Waals surface area contributed by atoms with Crippen molar-refractivity contribution in [2.75, 3.05) is 6.61 Å². The van der Waals surface area contributed by atoms with E-state index >= 15 is 0 Å². The summed E-state index contributed by atoms with van der Waals surface area (Å²) in [6.45, 7) is 4.94. The van der Waals surface area contributed by atoms with Crippen LogP contribution in [-0.4, -0.2) is 18.5 Å². The van der Waals surface area contributed by atoms with Crippen molar-refractivity contribution in [1.82, 2.24) is 0 Å². The summed E-state index contributed by atoms with van der Waals surface area (Å²) in [6, 6.07) is 15.4. The maximum absolute atomic E-state index is 12.1. The minimum Gasteiger partial charge on any atom is -0.494 e. The lowest BCUT2D eigenvalue weighted by Crippen LogP contribution is -2.05. The van der Waals surface area contributed by atoms with E-state index in [9.17, 15) is 4.79 Å². The van der Waals surface area contributed by atoms with Gasteiger partial charge in [0.05, 0.1) is 6.61 Å². The number of cyclic esters (lactones) is 1. The molecule has 0 aromatic heterocycles. The number of carbonyl (C=O) groups is 1. The van der Waals surface area contributed by atoms with Gasteiger partial charge in [0.15, 0.2) is 5.70 Å². The second-order valence-corrected chi connectivity index (χ2v) is 7.04. The van der Waals surface area contributed by atoms with Crippen LogP contribution in [0.1, 0.15) is 55.7 Å². The van der Waals surface area contributed by atoms with Crippen molar-refractivity contribution >= 4 is 17.9 Å². The Bertz CT molecular complexity index is 866. The van der Waals surface area contributed by atoms with Crippen LogP contribution in [0, 0.1) is 6.92 Å². The zero-order valence-corrected chi connectivity index (χ0v) is 16.6. The van der Waals surface area contributed by atoms with Crippen LogP contribution in [0.25, 0.3) is 6.08 Å². The Kier molecular flexibility index (Phi) is 7.01. The average molecular weight is 377 g/mol. The molecule has 0 fully saturated rings. The lowest BCUT2D eigenvalue weighted by molar-refractivity contribution is -0.129. The van der Waals surface area contributed by atoms with Gasteiger partial charge in [-0.25, -0.2) is 9.79 Å². The number of ether oxygens (including phenoxy) is 2. The topological polar surface area (TPSA) is 47.9 Å². The summed E-state index contributed by atoms with van der Waals surface area (Å²) in [5.41, 5.74) is 3.09. The molecule has 0 saturated carbocycles. The van der Waals surface area contributed by atoms with Crippen LogP contribution in [0.3, 0.4) is 0 Å². The smallest absolute Gasteiger partial charge is 0.363 e. The highest BCUT2D eigenvalue weighted by Gasteiger charge is 2.24. The van der Waals surface area contributed by atoms with Crippen LogP contribution in [0.15, 0.2) is 59.2 Å². The molecular formula is C24H27NO3. The summed E-state index contributed by atoms with van der Waals surface area (Å²) < 4.78 is 11.1. The van der Waals surface area contributed by atoms with E-state index in [4.69, 9.17) is 9.47 Å². The number of aryl methyl sites for hydroxylation is 1. The SMILES string of the molecule is CCCCCCCOc1ccc(C=C2N=C(c3cccc(C)c3)OC2=O)cc1. The molecule has 3 rings (SSSR count). The van der Waals surface area contributed by atoms with Crippen molar-refractivity contribution in [3.05, 3.63) is 70.9 Å². The van der Waals surface area contributed by atoms with E-state index in [0.717, 1.165) is 35.5 Å². The fourth-order valence-electron chi connectivity index (χ4n) is 3.02. The lowest BCUT2D eigenvalue weighted by Gasteiger charge is -2.06. The van der Waals surface area contributed by atoms with Crippen molar-refractivity contribution in [3.63, 3.8) is 0 Å². The number of rotatable bonds is 9. The monoisotopic (exact) mass is 377 g/mol. The van der Waals surface area contributed by atoms with Crippen LogP contribution >= 0.6 is 0 Å². The quantitative estimate of drug-likeness (QED) is 0.320. The molecule has 146 valence electrons. The van der Waals surface area contributed by atoms with Crippen LogP contribution in [0.5, 0.6) is 5.75 Å². The van der Waals surface area contributed by atoms with Crippen molar-refractivity contribution in [2.24, 2.45) is 4.99 Å². The molecule has 0 saturated heterocycles. The van der Waals surface area contributed by atoms with Gasteiger partial charge in [0.2, 0.25) is 5.90 Å². The number of unbranched alkanes of at least 4 members (excludes halogenated alkanes) is 4. The molecule has 2 aromatic rings. The van der Waals surface area contributed by atoms with Gasteiger partial charge in [-0.2, -0.15) is 0 Å². The zero-order valence-electron chi connectivity index (χ0n) is 16.6. The number of hydrogen-bond donors (Lipinski definition) is 0. The van der Waals surface area contributed by atoms with E-state index in [1.54, 1.807) is 6.08 Å². The van der Waals surface area contributed by atoms with Crippen LogP contribution in [-0.2, 0) is 9.53 Å². The third-order valence-corrected chi connectivity index (χ3v) is 4.59. The van der Waals surface area contributed by atoms with Gasteiger partial charge < -0.3 is 9.47 Å². The summed E-state index contributed by atoms with van der Waals surface area (Å²) in [7, 11) is 0. The summed E-state index contributed by atoms with van der Waals surface area (Å²) in [5, 5.41) is 0. The second kappa shape index (κ2) is 9.88. The van der Waals surface area contributed by atoms with Crippen LogP contribution < -0.4 is 4.74 Å². The molecule has 0 bridgehead atoms. The van der Waals surface area contributed by atoms with Crippen molar-refractivity contribution in [3.8, 4) is 5.75 Å². The fraction of sp³-hybridized carbons (Fsp3) is 0.333. The van der Waals surface area contributed by atoms with E-state index in [1.165, 1.54) is 25.7 Å². The maximum Gasteiger partial charge on any atom is 0.363 e. The molecule has 1 heterocycles. The summed E-state index contributed by atoms with van der Waals surface area (Å²) in [6.07, 6.45) is 7.84. The van der Waals surface area contributed by atoms with Gasteiger partial charge in [-0.1, -0.05) is 62.4 Å². The standard InChI is InChI=1S/C24H27NO3/c1-3-4-5-6-7-15-27-21-13-11-19(12-14-21)17-22-24(26)28-23(25-22)20-10-8-9-18(2)16-20/h8-14,16-17H,3-7,15H2,1-2H3. The highest BCUT2D eigenvalue weighted by Crippen LogP contribution is 2.21. The number of aliphatic imine (C=N–C) groups is 1. The molecule has 0 amide bonds. The maximum atomic E-state index is 12.1. The Hall–Kier alpha value is -2.88. The summed E-state index contributed by atoms with van der Waals surface area (Å²) >= 11 is 0. The molecule has 4 heteroatoms. The third kappa shape index (κ3) is 5.56. The Morgan fingerprint density at radius 1 is 1.04 bits per heavy atom. The number of hydrogen-bond acceptors (Lipinski definition) is 4.